The summed E-state index contributed by atoms with van der Waals surface area (Å²) in [6.07, 6.45) is 4.59. The van der Waals surface area contributed by atoms with Gasteiger partial charge in [0.05, 0.1) is 4.75 Å². The van der Waals surface area contributed by atoms with Crippen molar-refractivity contribution in [2.75, 3.05) is 11.1 Å². The number of carboxylic acids is 1. The molecule has 112 valence electrons. The summed E-state index contributed by atoms with van der Waals surface area (Å²) in [4.78, 5) is 23.0. The van der Waals surface area contributed by atoms with Crippen LogP contribution in [0.5, 0.6) is 0 Å². The van der Waals surface area contributed by atoms with Crippen LogP contribution in [0, 0.1) is 6.92 Å². The van der Waals surface area contributed by atoms with Crippen LogP contribution in [-0.4, -0.2) is 27.5 Å². The van der Waals surface area contributed by atoms with Crippen LogP contribution >= 0.6 is 11.8 Å². The topological polar surface area (TPSA) is 66.4 Å². The molecule has 0 aromatic heterocycles. The molecule has 1 amide bonds. The van der Waals surface area contributed by atoms with E-state index in [4.69, 9.17) is 5.11 Å². The molecule has 21 heavy (non-hydrogen) atoms. The van der Waals surface area contributed by atoms with Crippen molar-refractivity contribution in [3.05, 3.63) is 35.4 Å². The normalized spacial score (nSPS) is 21.6. The highest BCUT2D eigenvalue weighted by atomic mass is 32.2. The van der Waals surface area contributed by atoms with Crippen LogP contribution < -0.4 is 5.32 Å². The summed E-state index contributed by atoms with van der Waals surface area (Å²) < 4.78 is -0.359. The Labute approximate surface area is 128 Å². The van der Waals surface area contributed by atoms with Crippen molar-refractivity contribution in [3.8, 4) is 0 Å². The molecule has 1 aromatic carbocycles. The number of anilines is 1. The van der Waals surface area contributed by atoms with Crippen molar-refractivity contribution in [2.45, 2.75) is 31.4 Å². The van der Waals surface area contributed by atoms with Crippen molar-refractivity contribution >= 4 is 35.4 Å². The minimum atomic E-state index is -0.987. The molecule has 2 rings (SSSR count). The standard InChI is InChI=1S/C16H19NO3S/c1-11-4-6-13(10-12(11)5-7-14(18)19)17-15(20)16(2)8-3-9-21-16/h4-7,10H,3,8-9H2,1-2H3,(H,17,20)(H,18,19)/b7-5+. The fourth-order valence-electron chi connectivity index (χ4n) is 2.28. The van der Waals surface area contributed by atoms with Gasteiger partial charge in [0.15, 0.2) is 0 Å². The molecule has 0 aliphatic carbocycles. The maximum absolute atomic E-state index is 12.4. The highest BCUT2D eigenvalue weighted by Gasteiger charge is 2.37. The summed E-state index contributed by atoms with van der Waals surface area (Å²) in [6.45, 7) is 3.88. The summed E-state index contributed by atoms with van der Waals surface area (Å²) >= 11 is 1.69. The Morgan fingerprint density at radius 2 is 2.19 bits per heavy atom. The van der Waals surface area contributed by atoms with Crippen molar-refractivity contribution in [1.82, 2.24) is 0 Å². The fraction of sp³-hybridized carbons (Fsp3) is 0.375. The van der Waals surface area contributed by atoms with E-state index in [0.29, 0.717) is 5.69 Å². The quantitative estimate of drug-likeness (QED) is 0.838. The van der Waals surface area contributed by atoms with Gasteiger partial charge < -0.3 is 10.4 Å². The lowest BCUT2D eigenvalue weighted by atomic mass is 10.0. The van der Waals surface area contributed by atoms with E-state index in [-0.39, 0.29) is 10.7 Å². The predicted molar refractivity (Wildman–Crippen MR) is 86.6 cm³/mol. The van der Waals surface area contributed by atoms with Crippen LogP contribution in [0.2, 0.25) is 0 Å². The zero-order valence-corrected chi connectivity index (χ0v) is 13.0. The van der Waals surface area contributed by atoms with Crippen molar-refractivity contribution < 1.29 is 14.7 Å². The Morgan fingerprint density at radius 3 is 2.81 bits per heavy atom. The van der Waals surface area contributed by atoms with Gasteiger partial charge in [0, 0.05) is 11.8 Å². The van der Waals surface area contributed by atoms with E-state index in [0.717, 1.165) is 35.8 Å². The first-order valence-electron chi connectivity index (χ1n) is 6.88. The van der Waals surface area contributed by atoms with Gasteiger partial charge in [-0.25, -0.2) is 4.79 Å². The number of benzene rings is 1. The SMILES string of the molecule is Cc1ccc(NC(=O)C2(C)CCCS2)cc1/C=C/C(=O)O. The van der Waals surface area contributed by atoms with Crippen molar-refractivity contribution in [3.63, 3.8) is 0 Å². The number of carbonyl (C=O) groups is 2. The highest BCUT2D eigenvalue weighted by molar-refractivity contribution is 8.01. The zero-order valence-electron chi connectivity index (χ0n) is 12.2. The van der Waals surface area contributed by atoms with Crippen LogP contribution in [0.3, 0.4) is 0 Å². The van der Waals surface area contributed by atoms with Gasteiger partial charge in [0.25, 0.3) is 0 Å². The minimum absolute atomic E-state index is 0.0158. The maximum Gasteiger partial charge on any atom is 0.328 e. The molecule has 0 bridgehead atoms. The van der Waals surface area contributed by atoms with Crippen molar-refractivity contribution in [1.29, 1.82) is 0 Å². The number of amides is 1. The molecule has 1 fully saturated rings. The van der Waals surface area contributed by atoms with Crippen LogP contribution in [0.4, 0.5) is 5.69 Å². The molecule has 1 saturated heterocycles. The van der Waals surface area contributed by atoms with Gasteiger partial charge in [-0.2, -0.15) is 0 Å². The average molecular weight is 305 g/mol. The molecule has 1 aliphatic rings. The number of carboxylic acid groups (broad SMARTS) is 1. The summed E-state index contributed by atoms with van der Waals surface area (Å²) in [5.74, 6) is 0.0467. The van der Waals surface area contributed by atoms with Crippen LogP contribution in [0.25, 0.3) is 6.08 Å². The number of hydrogen-bond donors (Lipinski definition) is 2. The maximum atomic E-state index is 12.4. The number of aryl methyl sites for hydroxylation is 1. The number of hydrogen-bond acceptors (Lipinski definition) is 3. The van der Waals surface area contributed by atoms with Gasteiger partial charge in [0.2, 0.25) is 5.91 Å². The number of nitrogens with one attached hydrogen (secondary N) is 1. The number of thioether (sulfide) groups is 1. The lowest BCUT2D eigenvalue weighted by Crippen LogP contribution is -2.34. The Hall–Kier alpha value is -1.75. The minimum Gasteiger partial charge on any atom is -0.478 e. The summed E-state index contributed by atoms with van der Waals surface area (Å²) in [7, 11) is 0. The second-order valence-corrected chi connectivity index (χ2v) is 6.98. The second kappa shape index (κ2) is 6.35. The third-order valence-electron chi connectivity index (χ3n) is 3.64. The second-order valence-electron chi connectivity index (χ2n) is 5.38. The Kier molecular flexibility index (Phi) is 4.73. The molecule has 2 N–H and O–H groups in total. The third-order valence-corrected chi connectivity index (χ3v) is 5.16. The van der Waals surface area contributed by atoms with E-state index in [1.165, 1.54) is 0 Å². The fourth-order valence-corrected chi connectivity index (χ4v) is 3.49. The molecule has 5 heteroatoms. The van der Waals surface area contributed by atoms with Gasteiger partial charge >= 0.3 is 5.97 Å². The molecule has 1 unspecified atom stereocenters. The molecule has 4 nitrogen and oxygen atoms in total. The summed E-state index contributed by atoms with van der Waals surface area (Å²) in [6, 6.07) is 5.52. The van der Waals surface area contributed by atoms with Gasteiger partial charge in [-0.1, -0.05) is 6.07 Å². The zero-order chi connectivity index (χ0) is 15.5. The monoisotopic (exact) mass is 305 g/mol. The molecule has 0 spiro atoms. The summed E-state index contributed by atoms with van der Waals surface area (Å²) in [5, 5.41) is 11.6. The number of carbonyl (C=O) groups excluding carboxylic acids is 1. The first-order chi connectivity index (χ1) is 9.90. The molecule has 1 aromatic rings. The third kappa shape index (κ3) is 3.88. The van der Waals surface area contributed by atoms with E-state index in [2.05, 4.69) is 5.32 Å². The highest BCUT2D eigenvalue weighted by Crippen LogP contribution is 2.38. The van der Waals surface area contributed by atoms with Crippen LogP contribution in [0.1, 0.15) is 30.9 Å². The molecule has 1 atom stereocenters. The van der Waals surface area contributed by atoms with Crippen LogP contribution in [-0.2, 0) is 9.59 Å². The van der Waals surface area contributed by atoms with Gasteiger partial charge in [-0.3, -0.25) is 4.79 Å². The van der Waals surface area contributed by atoms with E-state index < -0.39 is 5.97 Å². The summed E-state index contributed by atoms with van der Waals surface area (Å²) in [5.41, 5.74) is 2.45. The van der Waals surface area contributed by atoms with Crippen molar-refractivity contribution in [2.24, 2.45) is 0 Å². The van der Waals surface area contributed by atoms with Crippen LogP contribution in [0.15, 0.2) is 24.3 Å². The molecule has 0 saturated carbocycles. The Bertz CT molecular complexity index is 589. The van der Waals surface area contributed by atoms with E-state index in [9.17, 15) is 9.59 Å². The number of aliphatic carboxylic acids is 1. The molecule has 1 heterocycles. The molecular weight excluding hydrogens is 286 g/mol. The first-order valence-corrected chi connectivity index (χ1v) is 7.86. The van der Waals surface area contributed by atoms with E-state index in [1.54, 1.807) is 23.9 Å². The predicted octanol–water partition coefficient (Wildman–Crippen LogP) is 3.32. The molecule has 1 aliphatic heterocycles. The van der Waals surface area contributed by atoms with Gasteiger partial charge in [-0.05, 0) is 61.8 Å². The lowest BCUT2D eigenvalue weighted by molar-refractivity contribution is -0.131. The number of rotatable bonds is 4. The average Bonchev–Trinajstić information content (AvgIpc) is 2.87. The smallest absolute Gasteiger partial charge is 0.328 e. The molecule has 0 radical (unpaired) electrons. The Balaban J connectivity index is 2.15. The van der Waals surface area contributed by atoms with Gasteiger partial charge in [0.1, 0.15) is 0 Å². The lowest BCUT2D eigenvalue weighted by Gasteiger charge is -2.21. The first kappa shape index (κ1) is 15.6. The van der Waals surface area contributed by atoms with E-state index >= 15 is 0 Å². The molecular formula is C16H19NO3S. The van der Waals surface area contributed by atoms with E-state index in [1.807, 2.05) is 26.0 Å². The largest absolute Gasteiger partial charge is 0.478 e. The van der Waals surface area contributed by atoms with Gasteiger partial charge in [-0.15, -0.1) is 11.8 Å². The Morgan fingerprint density at radius 1 is 1.43 bits per heavy atom.